The van der Waals surface area contributed by atoms with Crippen LogP contribution >= 0.6 is 15.9 Å². The second-order valence-electron chi connectivity index (χ2n) is 8.30. The Bertz CT molecular complexity index is 1130. The van der Waals surface area contributed by atoms with E-state index in [1.54, 1.807) is 0 Å². The maximum atomic E-state index is 6.45. The number of allylic oxidation sites excluding steroid dienone is 4. The Morgan fingerprint density at radius 3 is 2.50 bits per heavy atom. The number of nitrogens with one attached hydrogen (secondary N) is 1. The molecule has 1 saturated carbocycles. The minimum absolute atomic E-state index is 0.680. The molecule has 4 rings (SSSR count). The van der Waals surface area contributed by atoms with E-state index in [1.807, 2.05) is 30.3 Å². The number of benzene rings is 1. The van der Waals surface area contributed by atoms with Gasteiger partial charge in [-0.3, -0.25) is 0 Å². The van der Waals surface area contributed by atoms with E-state index >= 15 is 0 Å². The molecule has 176 valence electrons. The van der Waals surface area contributed by atoms with Crippen LogP contribution in [0.15, 0.2) is 82.6 Å². The van der Waals surface area contributed by atoms with Crippen molar-refractivity contribution in [1.82, 2.24) is 15.2 Å². The predicted octanol–water partition coefficient (Wildman–Crippen LogP) is 6.90. The van der Waals surface area contributed by atoms with Crippen LogP contribution in [0.3, 0.4) is 0 Å². The fourth-order valence-corrected chi connectivity index (χ4v) is 4.52. The fraction of sp³-hybridized carbons (Fsp3) is 0.276. The van der Waals surface area contributed by atoms with Crippen molar-refractivity contribution in [1.29, 1.82) is 0 Å². The first-order valence-corrected chi connectivity index (χ1v) is 12.5. The molecule has 3 N–H and O–H groups in total. The quantitative estimate of drug-likeness (QED) is 0.310. The largest absolute Gasteiger partial charge is 0.397 e. The maximum absolute atomic E-state index is 6.45. The summed E-state index contributed by atoms with van der Waals surface area (Å²) in [6.45, 7) is 8.33. The van der Waals surface area contributed by atoms with Gasteiger partial charge in [0, 0.05) is 23.1 Å². The number of hydrogen-bond donors (Lipinski definition) is 2. The second-order valence-corrected chi connectivity index (χ2v) is 9.21. The number of piperidine rings is 1. The van der Waals surface area contributed by atoms with Crippen molar-refractivity contribution in [2.45, 2.75) is 39.0 Å². The number of pyridine rings is 1. The highest BCUT2D eigenvalue weighted by Gasteiger charge is 2.24. The molecule has 0 spiro atoms. The summed E-state index contributed by atoms with van der Waals surface area (Å²) in [5, 5.41) is 3.69. The number of hydrogen-bond acceptors (Lipinski definition) is 4. The van der Waals surface area contributed by atoms with Crippen LogP contribution in [0.25, 0.3) is 17.0 Å². The molecular weight excluding hydrogens is 484 g/mol. The van der Waals surface area contributed by atoms with Crippen LogP contribution < -0.4 is 11.1 Å². The molecule has 1 aromatic carbocycles. The minimum atomic E-state index is 0.680. The lowest BCUT2D eigenvalue weighted by molar-refractivity contribution is 0.290. The van der Waals surface area contributed by atoms with Crippen LogP contribution in [0.1, 0.15) is 44.7 Å². The zero-order valence-electron chi connectivity index (χ0n) is 19.9. The molecule has 2 fully saturated rings. The molecule has 1 saturated heterocycles. The maximum Gasteiger partial charge on any atom is 0.110 e. The van der Waals surface area contributed by atoms with Gasteiger partial charge >= 0.3 is 0 Å². The molecule has 4 nitrogen and oxygen atoms in total. The van der Waals surface area contributed by atoms with Crippen molar-refractivity contribution in [2.75, 3.05) is 18.8 Å². The lowest BCUT2D eigenvalue weighted by atomic mass is 10.1. The number of nitrogens with zero attached hydrogens (tertiary/aromatic N) is 2. The minimum Gasteiger partial charge on any atom is -0.397 e. The summed E-state index contributed by atoms with van der Waals surface area (Å²) in [6.07, 6.45) is 20.1. The fourth-order valence-electron chi connectivity index (χ4n) is 4.12. The Labute approximate surface area is 212 Å². The first-order chi connectivity index (χ1) is 16.6. The molecule has 0 bridgehead atoms. The van der Waals surface area contributed by atoms with E-state index in [-0.39, 0.29) is 0 Å². The Morgan fingerprint density at radius 2 is 1.88 bits per heavy atom. The molecule has 0 atom stereocenters. The molecule has 0 radical (unpaired) electrons. The predicted molar refractivity (Wildman–Crippen MR) is 148 cm³/mol. The van der Waals surface area contributed by atoms with Crippen LogP contribution in [-0.2, 0) is 0 Å². The SMILES string of the molecule is C#C.C=C/C(NC(=C1CC1)c1nc(-c2cccc(Br)c2)ccc1N)=C(\C=C/C)N1CCCCC1. The van der Waals surface area contributed by atoms with Crippen molar-refractivity contribution in [3.05, 3.63) is 88.3 Å². The Hall–Kier alpha value is -3.23. The summed E-state index contributed by atoms with van der Waals surface area (Å²) in [5.41, 5.74) is 14.5. The van der Waals surface area contributed by atoms with Crippen LogP contribution in [-0.4, -0.2) is 23.0 Å². The molecule has 2 aromatic rings. The Balaban J connectivity index is 0.00000158. The molecule has 1 aromatic heterocycles. The standard InChI is InChI=1S/C27H31BrN4.C2H2/c1-3-9-25(32-16-6-5-7-17-32)23(4-2)30-26(19-12-13-19)27-22(29)14-15-24(31-27)20-10-8-11-21(28)18-20;1-2/h3-4,8-11,14-15,18,30H,2,5-7,12-13,16-17,29H2,1H3;1-2H/b9-3-,25-23-;. The second kappa shape index (κ2) is 12.3. The monoisotopic (exact) mass is 516 g/mol. The van der Waals surface area contributed by atoms with Gasteiger partial charge in [0.05, 0.1) is 28.5 Å². The zero-order chi connectivity index (χ0) is 24.5. The zero-order valence-corrected chi connectivity index (χ0v) is 21.4. The topological polar surface area (TPSA) is 54.2 Å². The molecular formula is C29H33BrN4. The van der Waals surface area contributed by atoms with Crippen molar-refractivity contribution in [3.63, 3.8) is 0 Å². The third-order valence-corrected chi connectivity index (χ3v) is 6.39. The van der Waals surface area contributed by atoms with Crippen molar-refractivity contribution >= 4 is 27.3 Å². The number of terminal acetylenes is 1. The van der Waals surface area contributed by atoms with Gasteiger partial charge < -0.3 is 16.0 Å². The summed E-state index contributed by atoms with van der Waals surface area (Å²) < 4.78 is 1.03. The number of halogens is 1. The summed E-state index contributed by atoms with van der Waals surface area (Å²) in [6, 6.07) is 12.1. The van der Waals surface area contributed by atoms with E-state index < -0.39 is 0 Å². The average Bonchev–Trinajstić information content (AvgIpc) is 3.72. The van der Waals surface area contributed by atoms with Gasteiger partial charge in [-0.05, 0) is 81.0 Å². The van der Waals surface area contributed by atoms with Gasteiger partial charge in [-0.25, -0.2) is 4.98 Å². The van der Waals surface area contributed by atoms with Crippen LogP contribution in [0.2, 0.25) is 0 Å². The lowest BCUT2D eigenvalue weighted by Crippen LogP contribution is -2.31. The van der Waals surface area contributed by atoms with Crippen molar-refractivity contribution in [2.24, 2.45) is 0 Å². The molecule has 1 aliphatic carbocycles. The molecule has 2 heterocycles. The van der Waals surface area contributed by atoms with Gasteiger partial charge in [0.1, 0.15) is 5.69 Å². The highest BCUT2D eigenvalue weighted by atomic mass is 79.9. The van der Waals surface area contributed by atoms with E-state index in [2.05, 4.69) is 76.8 Å². The molecule has 34 heavy (non-hydrogen) atoms. The van der Waals surface area contributed by atoms with Crippen LogP contribution in [0, 0.1) is 12.8 Å². The summed E-state index contributed by atoms with van der Waals surface area (Å²) in [4.78, 5) is 7.45. The van der Waals surface area contributed by atoms with E-state index in [0.29, 0.717) is 5.69 Å². The number of rotatable bonds is 7. The number of anilines is 1. The number of likely N-dealkylation sites (tertiary alicyclic amines) is 1. The number of aromatic nitrogens is 1. The Kier molecular flexibility index (Phi) is 9.18. The average molecular weight is 518 g/mol. The normalized spacial score (nSPS) is 15.8. The van der Waals surface area contributed by atoms with Crippen molar-refractivity contribution < 1.29 is 0 Å². The third kappa shape index (κ3) is 6.21. The summed E-state index contributed by atoms with van der Waals surface area (Å²) >= 11 is 3.56. The highest BCUT2D eigenvalue weighted by molar-refractivity contribution is 9.10. The van der Waals surface area contributed by atoms with Gasteiger partial charge in [-0.1, -0.05) is 40.7 Å². The van der Waals surface area contributed by atoms with Crippen LogP contribution in [0.4, 0.5) is 5.69 Å². The first-order valence-electron chi connectivity index (χ1n) is 11.7. The number of nitrogens with two attached hydrogens (primary N) is 1. The molecule has 0 unspecified atom stereocenters. The van der Waals surface area contributed by atoms with Crippen molar-refractivity contribution in [3.8, 4) is 24.1 Å². The van der Waals surface area contributed by atoms with E-state index in [0.717, 1.165) is 58.7 Å². The first kappa shape index (κ1) is 25.4. The summed E-state index contributed by atoms with van der Waals surface area (Å²) in [5.74, 6) is 0. The van der Waals surface area contributed by atoms with E-state index in [1.165, 1.54) is 30.5 Å². The van der Waals surface area contributed by atoms with Gasteiger partial charge in [-0.15, -0.1) is 12.8 Å². The van der Waals surface area contributed by atoms with Gasteiger partial charge in [0.2, 0.25) is 0 Å². The lowest BCUT2D eigenvalue weighted by Gasteiger charge is -2.31. The van der Waals surface area contributed by atoms with Crippen LogP contribution in [0.5, 0.6) is 0 Å². The summed E-state index contributed by atoms with van der Waals surface area (Å²) in [7, 11) is 0. The van der Waals surface area contributed by atoms with Gasteiger partial charge in [0.15, 0.2) is 0 Å². The number of nitrogen functional groups attached to an aromatic ring is 1. The van der Waals surface area contributed by atoms with E-state index in [4.69, 9.17) is 10.7 Å². The van der Waals surface area contributed by atoms with Gasteiger partial charge in [0.25, 0.3) is 0 Å². The highest BCUT2D eigenvalue weighted by Crippen LogP contribution is 2.38. The van der Waals surface area contributed by atoms with Gasteiger partial charge in [-0.2, -0.15) is 0 Å². The third-order valence-electron chi connectivity index (χ3n) is 5.90. The molecule has 0 amide bonds. The molecule has 2 aliphatic rings. The Morgan fingerprint density at radius 1 is 1.15 bits per heavy atom. The molecule has 1 aliphatic heterocycles. The van der Waals surface area contributed by atoms with E-state index in [9.17, 15) is 0 Å². The molecule has 5 heteroatoms. The smallest absolute Gasteiger partial charge is 0.110 e.